The molecule has 17 heavy (non-hydrogen) atoms. The van der Waals surface area contributed by atoms with Crippen molar-refractivity contribution in [3.05, 3.63) is 12.4 Å². The van der Waals surface area contributed by atoms with Gasteiger partial charge in [-0.25, -0.2) is 0 Å². The summed E-state index contributed by atoms with van der Waals surface area (Å²) in [6.45, 7) is 6.03. The number of carbonyl (C=O) groups excluding carboxylic acids is 1. The van der Waals surface area contributed by atoms with Gasteiger partial charge in [0.25, 0.3) is 0 Å². The van der Waals surface area contributed by atoms with Crippen molar-refractivity contribution in [3.63, 3.8) is 0 Å². The summed E-state index contributed by atoms with van der Waals surface area (Å²) in [5.74, 6) is 0.0458. The van der Waals surface area contributed by atoms with Crippen molar-refractivity contribution in [2.24, 2.45) is 0 Å². The topological polar surface area (TPSA) is 73.4 Å². The second-order valence-electron chi connectivity index (χ2n) is 4.89. The summed E-state index contributed by atoms with van der Waals surface area (Å²) in [4.78, 5) is 13.8. The molecule has 1 aromatic heterocycles. The number of nitrogens with two attached hydrogens (primary N) is 1. The van der Waals surface area contributed by atoms with Crippen LogP contribution in [0.15, 0.2) is 12.4 Å². The summed E-state index contributed by atoms with van der Waals surface area (Å²) in [6.07, 6.45) is 3.19. The summed E-state index contributed by atoms with van der Waals surface area (Å²) >= 11 is 0. The fraction of sp³-hybridized carbons (Fsp3) is 0.636. The Kier molecular flexibility index (Phi) is 3.06. The molecule has 0 radical (unpaired) electrons. The lowest BCUT2D eigenvalue weighted by molar-refractivity contribution is -0.146. The zero-order chi connectivity index (χ0) is 12.5. The molecule has 2 heterocycles. The van der Waals surface area contributed by atoms with Gasteiger partial charge in [-0.3, -0.25) is 9.48 Å². The standard InChI is InChI=1S/C11H18N4O2/c1-11(2)8-14(3-4-17-11)10(16)7-15-6-9(12)5-13-15/h5-6H,3-4,7-8,12H2,1-2H3. The van der Waals surface area contributed by atoms with Gasteiger partial charge in [-0.05, 0) is 13.8 Å². The molecule has 0 aromatic carbocycles. The quantitative estimate of drug-likeness (QED) is 0.793. The first-order valence-electron chi connectivity index (χ1n) is 5.66. The van der Waals surface area contributed by atoms with Crippen LogP contribution in [0.1, 0.15) is 13.8 Å². The molecular weight excluding hydrogens is 220 g/mol. The SMILES string of the molecule is CC1(C)CN(C(=O)Cn2cc(N)cn2)CCO1. The van der Waals surface area contributed by atoms with Crippen molar-refractivity contribution >= 4 is 11.6 Å². The minimum atomic E-state index is -0.267. The normalized spacial score (nSPS) is 19.3. The highest BCUT2D eigenvalue weighted by Crippen LogP contribution is 2.16. The Bertz CT molecular complexity index is 413. The Hall–Kier alpha value is -1.56. The van der Waals surface area contributed by atoms with Crippen LogP contribution in [0, 0.1) is 0 Å². The highest BCUT2D eigenvalue weighted by Gasteiger charge is 2.29. The first-order valence-corrected chi connectivity index (χ1v) is 5.66. The summed E-state index contributed by atoms with van der Waals surface area (Å²) < 4.78 is 7.12. The maximum absolute atomic E-state index is 12.0. The molecule has 2 N–H and O–H groups in total. The average Bonchev–Trinajstić information content (AvgIpc) is 2.62. The number of nitrogen functional groups attached to an aromatic ring is 1. The minimum absolute atomic E-state index is 0.0458. The third-order valence-electron chi connectivity index (χ3n) is 2.73. The number of morpholine rings is 1. The Morgan fingerprint density at radius 2 is 2.41 bits per heavy atom. The number of aromatic nitrogens is 2. The van der Waals surface area contributed by atoms with Gasteiger partial charge in [0.1, 0.15) is 6.54 Å². The van der Waals surface area contributed by atoms with Gasteiger partial charge >= 0.3 is 0 Å². The van der Waals surface area contributed by atoms with Crippen molar-refractivity contribution in [2.45, 2.75) is 26.0 Å². The second-order valence-corrected chi connectivity index (χ2v) is 4.89. The molecule has 1 aliphatic heterocycles. The van der Waals surface area contributed by atoms with Crippen LogP contribution in [0.5, 0.6) is 0 Å². The largest absolute Gasteiger partial charge is 0.396 e. The zero-order valence-electron chi connectivity index (χ0n) is 10.2. The monoisotopic (exact) mass is 238 g/mol. The average molecular weight is 238 g/mol. The van der Waals surface area contributed by atoms with E-state index >= 15 is 0 Å². The van der Waals surface area contributed by atoms with Crippen LogP contribution in [-0.4, -0.2) is 45.9 Å². The van der Waals surface area contributed by atoms with Crippen molar-refractivity contribution < 1.29 is 9.53 Å². The van der Waals surface area contributed by atoms with E-state index in [2.05, 4.69) is 5.10 Å². The smallest absolute Gasteiger partial charge is 0.244 e. The van der Waals surface area contributed by atoms with Crippen LogP contribution in [0.2, 0.25) is 0 Å². The third-order valence-corrected chi connectivity index (χ3v) is 2.73. The lowest BCUT2D eigenvalue weighted by Gasteiger charge is -2.38. The van der Waals surface area contributed by atoms with Crippen molar-refractivity contribution in [2.75, 3.05) is 25.4 Å². The van der Waals surface area contributed by atoms with Crippen LogP contribution < -0.4 is 5.73 Å². The summed E-state index contributed by atoms with van der Waals surface area (Å²) in [5.41, 5.74) is 5.85. The first kappa shape index (κ1) is 11.9. The van der Waals surface area contributed by atoms with Crippen LogP contribution >= 0.6 is 0 Å². The van der Waals surface area contributed by atoms with E-state index in [9.17, 15) is 4.79 Å². The van der Waals surface area contributed by atoms with Gasteiger partial charge in [0.05, 0.1) is 24.1 Å². The summed E-state index contributed by atoms with van der Waals surface area (Å²) in [7, 11) is 0. The van der Waals surface area contributed by atoms with Crippen LogP contribution in [-0.2, 0) is 16.1 Å². The third kappa shape index (κ3) is 2.97. The lowest BCUT2D eigenvalue weighted by Crippen LogP contribution is -2.51. The number of anilines is 1. The zero-order valence-corrected chi connectivity index (χ0v) is 10.2. The Labute approximate surface area is 100 Å². The molecule has 1 aromatic rings. The lowest BCUT2D eigenvalue weighted by atomic mass is 10.1. The molecule has 1 saturated heterocycles. The highest BCUT2D eigenvalue weighted by atomic mass is 16.5. The van der Waals surface area contributed by atoms with E-state index in [0.717, 1.165) is 0 Å². The molecule has 2 rings (SSSR count). The van der Waals surface area contributed by atoms with Crippen molar-refractivity contribution in [3.8, 4) is 0 Å². The van der Waals surface area contributed by atoms with Gasteiger partial charge in [0.2, 0.25) is 5.91 Å². The molecule has 0 unspecified atom stereocenters. The molecule has 1 fully saturated rings. The summed E-state index contributed by atoms with van der Waals surface area (Å²) in [5, 5.41) is 4.00. The van der Waals surface area contributed by atoms with Crippen LogP contribution in [0.4, 0.5) is 5.69 Å². The van der Waals surface area contributed by atoms with Gasteiger partial charge in [0, 0.05) is 19.3 Å². The van der Waals surface area contributed by atoms with Crippen LogP contribution in [0.25, 0.3) is 0 Å². The van der Waals surface area contributed by atoms with Crippen molar-refractivity contribution in [1.82, 2.24) is 14.7 Å². The number of hydrogen-bond donors (Lipinski definition) is 1. The predicted octanol–water partition coefficient (Wildman–Crippen LogP) is 0.103. The van der Waals surface area contributed by atoms with Gasteiger partial charge in [-0.15, -0.1) is 0 Å². The van der Waals surface area contributed by atoms with E-state index in [1.807, 2.05) is 13.8 Å². The van der Waals surface area contributed by atoms with Crippen LogP contribution in [0.3, 0.4) is 0 Å². The molecule has 0 saturated carbocycles. The Morgan fingerprint density at radius 3 is 3.00 bits per heavy atom. The molecule has 0 spiro atoms. The van der Waals surface area contributed by atoms with Gasteiger partial charge < -0.3 is 15.4 Å². The molecule has 0 aliphatic carbocycles. The molecule has 0 atom stereocenters. The minimum Gasteiger partial charge on any atom is -0.396 e. The number of amides is 1. The second kappa shape index (κ2) is 4.37. The fourth-order valence-electron chi connectivity index (χ4n) is 1.93. The van der Waals surface area contributed by atoms with E-state index in [-0.39, 0.29) is 18.1 Å². The predicted molar refractivity (Wildman–Crippen MR) is 63.3 cm³/mol. The number of ether oxygens (including phenoxy) is 1. The van der Waals surface area contributed by atoms with E-state index in [1.54, 1.807) is 15.8 Å². The maximum atomic E-state index is 12.0. The Morgan fingerprint density at radius 1 is 1.65 bits per heavy atom. The molecular formula is C11H18N4O2. The van der Waals surface area contributed by atoms with E-state index in [0.29, 0.717) is 25.4 Å². The molecule has 0 bridgehead atoms. The fourth-order valence-corrected chi connectivity index (χ4v) is 1.93. The molecule has 94 valence electrons. The van der Waals surface area contributed by atoms with Gasteiger partial charge in [-0.2, -0.15) is 5.10 Å². The number of carbonyl (C=O) groups is 1. The van der Waals surface area contributed by atoms with Crippen molar-refractivity contribution in [1.29, 1.82) is 0 Å². The first-order chi connectivity index (χ1) is 7.96. The molecule has 1 aliphatic rings. The Balaban J connectivity index is 1.96. The molecule has 6 heteroatoms. The highest BCUT2D eigenvalue weighted by molar-refractivity contribution is 5.76. The number of hydrogen-bond acceptors (Lipinski definition) is 4. The number of nitrogens with zero attached hydrogens (tertiary/aromatic N) is 3. The van der Waals surface area contributed by atoms with Gasteiger partial charge in [-0.1, -0.05) is 0 Å². The number of rotatable bonds is 2. The van der Waals surface area contributed by atoms with E-state index < -0.39 is 0 Å². The molecule has 1 amide bonds. The van der Waals surface area contributed by atoms with E-state index in [4.69, 9.17) is 10.5 Å². The maximum Gasteiger partial charge on any atom is 0.244 e. The van der Waals surface area contributed by atoms with Gasteiger partial charge in [0.15, 0.2) is 0 Å². The van der Waals surface area contributed by atoms with E-state index in [1.165, 1.54) is 6.20 Å². The molecule has 6 nitrogen and oxygen atoms in total. The summed E-state index contributed by atoms with van der Waals surface area (Å²) in [6, 6.07) is 0.